The molecular weight excluding hydrogens is 776 g/mol. The number of rotatable bonds is 14. The molecule has 0 saturated heterocycles. The second-order valence-corrected chi connectivity index (χ2v) is 22.8. The highest BCUT2D eigenvalue weighted by atomic mass is 35.5. The Balaban J connectivity index is 1.33. The highest BCUT2D eigenvalue weighted by Gasteiger charge is 2.71. The molecular formula is C50H75ClN2O7. The fourth-order valence-corrected chi connectivity index (χ4v) is 14.2. The fourth-order valence-electron chi connectivity index (χ4n) is 14.1. The molecule has 6 rings (SSSR count). The standard InChI is InChI=1S/C50H75ClN2O7/c1-31(2)42-36(55)27-50(40(59-32(3)54)30-53(26-25-52(11)12)29-33-13-15-34(51)16-14-33)24-23-48(9)35(43(42)50)17-18-38-47(8)21-20-39(60-41(56)28-45(4,5)44(57)58)46(6,7)37(47)19-22-49(38,48)10/h13-16,31,35,37-40H,17-30H2,1-12H3,(H,57,58)/t35-,37?,38?,39+,40-,47+,48-,49-,50?/m1/s1. The van der Waals surface area contributed by atoms with Crippen LogP contribution in [0, 0.1) is 56.2 Å². The van der Waals surface area contributed by atoms with E-state index in [1.54, 1.807) is 13.8 Å². The van der Waals surface area contributed by atoms with Gasteiger partial charge in [-0.25, -0.2) is 0 Å². The van der Waals surface area contributed by atoms with E-state index >= 15 is 0 Å². The number of Topliss-reactive ketones (excluding diaryl/α,β-unsaturated/α-hetero) is 1. The highest BCUT2D eigenvalue weighted by molar-refractivity contribution is 6.30. The number of aliphatic carboxylic acids is 1. The predicted molar refractivity (Wildman–Crippen MR) is 236 cm³/mol. The smallest absolute Gasteiger partial charge is 0.309 e. The zero-order valence-electron chi connectivity index (χ0n) is 38.8. The minimum Gasteiger partial charge on any atom is -0.481 e. The van der Waals surface area contributed by atoms with Gasteiger partial charge in [0.05, 0.1) is 11.8 Å². The topological polar surface area (TPSA) is 113 Å². The van der Waals surface area contributed by atoms with Crippen LogP contribution in [0.1, 0.15) is 139 Å². The summed E-state index contributed by atoms with van der Waals surface area (Å²) in [6, 6.07) is 7.98. The molecule has 5 aliphatic rings. The molecule has 1 N–H and O–H groups in total. The van der Waals surface area contributed by atoms with Crippen LogP contribution in [0.25, 0.3) is 0 Å². The summed E-state index contributed by atoms with van der Waals surface area (Å²) in [5.41, 5.74) is 1.36. The van der Waals surface area contributed by atoms with Gasteiger partial charge in [-0.3, -0.25) is 24.1 Å². The van der Waals surface area contributed by atoms with Gasteiger partial charge in [0, 0.05) is 55.4 Å². The molecule has 5 aliphatic carbocycles. The third kappa shape index (κ3) is 8.15. The van der Waals surface area contributed by atoms with E-state index in [0.717, 1.165) is 75.6 Å². The van der Waals surface area contributed by atoms with Crippen LogP contribution >= 0.6 is 11.6 Å². The highest BCUT2D eigenvalue weighted by Crippen LogP contribution is 2.77. The minimum absolute atomic E-state index is 0.00240. The van der Waals surface area contributed by atoms with E-state index in [1.165, 1.54) is 12.5 Å². The van der Waals surface area contributed by atoms with E-state index in [9.17, 15) is 24.3 Å². The number of hydrogen-bond donors (Lipinski definition) is 1. The Morgan fingerprint density at radius 3 is 2.17 bits per heavy atom. The van der Waals surface area contributed by atoms with Gasteiger partial charge in [0.2, 0.25) is 0 Å². The molecule has 10 heteroatoms. The first kappa shape index (κ1) is 46.7. The second-order valence-electron chi connectivity index (χ2n) is 22.3. The van der Waals surface area contributed by atoms with Crippen LogP contribution in [0.3, 0.4) is 0 Å². The molecule has 0 aliphatic heterocycles. The maximum atomic E-state index is 14.6. The molecule has 1 aromatic rings. The van der Waals surface area contributed by atoms with E-state index in [2.05, 4.69) is 84.5 Å². The number of carboxylic acid groups (broad SMARTS) is 1. The van der Waals surface area contributed by atoms with Crippen molar-refractivity contribution in [2.75, 3.05) is 33.7 Å². The number of fused-ring (bicyclic) bond motifs is 7. The van der Waals surface area contributed by atoms with E-state index in [-0.39, 0.29) is 57.8 Å². The average Bonchev–Trinajstić information content (AvgIpc) is 3.45. The lowest BCUT2D eigenvalue weighted by molar-refractivity contribution is -0.235. The van der Waals surface area contributed by atoms with E-state index < -0.39 is 28.9 Å². The lowest BCUT2D eigenvalue weighted by Gasteiger charge is -2.72. The van der Waals surface area contributed by atoms with Crippen molar-refractivity contribution < 1.29 is 33.8 Å². The van der Waals surface area contributed by atoms with Crippen molar-refractivity contribution in [1.29, 1.82) is 0 Å². The molecule has 0 heterocycles. The molecule has 60 heavy (non-hydrogen) atoms. The van der Waals surface area contributed by atoms with Crippen molar-refractivity contribution >= 4 is 35.3 Å². The second kappa shape index (κ2) is 16.7. The lowest BCUT2D eigenvalue weighted by Crippen LogP contribution is -2.66. The first-order chi connectivity index (χ1) is 27.8. The summed E-state index contributed by atoms with van der Waals surface area (Å²) < 4.78 is 12.7. The van der Waals surface area contributed by atoms with Crippen LogP contribution in [-0.2, 0) is 35.2 Å². The number of benzene rings is 1. The number of hydrogen-bond acceptors (Lipinski definition) is 8. The van der Waals surface area contributed by atoms with Gasteiger partial charge in [0.1, 0.15) is 12.2 Å². The van der Waals surface area contributed by atoms with Crippen molar-refractivity contribution in [3.05, 3.63) is 46.0 Å². The third-order valence-electron chi connectivity index (χ3n) is 17.4. The molecule has 0 spiro atoms. The Kier molecular flexibility index (Phi) is 13.0. The number of nitrogens with zero attached hydrogens (tertiary/aromatic N) is 2. The van der Waals surface area contributed by atoms with Crippen molar-refractivity contribution in [1.82, 2.24) is 9.80 Å². The number of halogens is 1. The molecule has 4 fully saturated rings. The van der Waals surface area contributed by atoms with Crippen LogP contribution in [-0.4, -0.2) is 84.5 Å². The Morgan fingerprint density at radius 1 is 0.900 bits per heavy atom. The molecule has 0 aromatic heterocycles. The molecule has 0 amide bonds. The van der Waals surface area contributed by atoms with Gasteiger partial charge in [-0.05, 0) is 148 Å². The number of ether oxygens (including phenoxy) is 2. The largest absolute Gasteiger partial charge is 0.481 e. The summed E-state index contributed by atoms with van der Waals surface area (Å²) in [5, 5.41) is 10.4. The molecule has 4 saturated carbocycles. The van der Waals surface area contributed by atoms with E-state index in [4.69, 9.17) is 21.1 Å². The summed E-state index contributed by atoms with van der Waals surface area (Å²) >= 11 is 6.28. The third-order valence-corrected chi connectivity index (χ3v) is 17.6. The van der Waals surface area contributed by atoms with Crippen molar-refractivity contribution in [2.45, 2.75) is 152 Å². The quantitative estimate of drug-likeness (QED) is 0.183. The average molecular weight is 852 g/mol. The minimum atomic E-state index is -1.18. The van der Waals surface area contributed by atoms with Crippen LogP contribution in [0.4, 0.5) is 0 Å². The van der Waals surface area contributed by atoms with Gasteiger partial charge in [-0.1, -0.05) is 72.2 Å². The predicted octanol–water partition coefficient (Wildman–Crippen LogP) is 10.0. The molecule has 9 nitrogen and oxygen atoms in total. The number of carboxylic acids is 1. The zero-order chi connectivity index (χ0) is 44.4. The number of ketones is 1. The summed E-state index contributed by atoms with van der Waals surface area (Å²) in [6.45, 7) is 24.0. The summed E-state index contributed by atoms with van der Waals surface area (Å²) in [6.07, 6.45) is 7.11. The van der Waals surface area contributed by atoms with Gasteiger partial charge in [-0.15, -0.1) is 0 Å². The monoisotopic (exact) mass is 851 g/mol. The molecule has 334 valence electrons. The number of likely N-dealkylation sites (N-methyl/N-ethyl adjacent to an activating group) is 1. The molecule has 0 radical (unpaired) electrons. The lowest BCUT2D eigenvalue weighted by atomic mass is 9.33. The van der Waals surface area contributed by atoms with Crippen molar-refractivity contribution in [2.24, 2.45) is 56.2 Å². The van der Waals surface area contributed by atoms with Gasteiger partial charge >= 0.3 is 17.9 Å². The van der Waals surface area contributed by atoms with Gasteiger partial charge in [0.15, 0.2) is 5.78 Å². The van der Waals surface area contributed by atoms with E-state index in [0.29, 0.717) is 36.4 Å². The van der Waals surface area contributed by atoms with Crippen molar-refractivity contribution in [3.8, 4) is 0 Å². The number of carbonyl (C=O) groups excluding carboxylic acids is 3. The summed E-state index contributed by atoms with van der Waals surface area (Å²) in [4.78, 5) is 57.4. The Bertz CT molecular complexity index is 1850. The zero-order valence-corrected chi connectivity index (χ0v) is 39.6. The number of allylic oxidation sites excluding steroid dienone is 1. The van der Waals surface area contributed by atoms with Crippen LogP contribution in [0.15, 0.2) is 35.4 Å². The summed E-state index contributed by atoms with van der Waals surface area (Å²) in [7, 11) is 4.15. The first-order valence-electron chi connectivity index (χ1n) is 22.8. The Hall–Kier alpha value is -2.75. The normalized spacial score (nSPS) is 34.2. The van der Waals surface area contributed by atoms with Gasteiger partial charge in [-0.2, -0.15) is 0 Å². The first-order valence-corrected chi connectivity index (χ1v) is 23.2. The van der Waals surface area contributed by atoms with E-state index in [1.807, 2.05) is 12.1 Å². The number of esters is 2. The van der Waals surface area contributed by atoms with Crippen molar-refractivity contribution in [3.63, 3.8) is 0 Å². The van der Waals surface area contributed by atoms with Crippen LogP contribution in [0.2, 0.25) is 5.02 Å². The Morgan fingerprint density at radius 2 is 1.57 bits per heavy atom. The number of carbonyl (C=O) groups is 4. The SMILES string of the molecule is CC(=O)O[C@H](CN(CCN(C)C)Cc1ccc(Cl)cc1)C12CC[C@]3(C)[C@H](CCC4[C@@]5(C)CC[C@H](OC(=O)CC(C)(C)C(=O)O)C(C)(C)C5CC[C@]43C)C1=C(C(C)C)C(=O)C2. The molecule has 0 bridgehead atoms. The fraction of sp³-hybridized carbons (Fsp3) is 0.760. The Labute approximate surface area is 365 Å². The van der Waals surface area contributed by atoms with Gasteiger partial charge < -0.3 is 19.5 Å². The van der Waals surface area contributed by atoms with Crippen LogP contribution < -0.4 is 0 Å². The van der Waals surface area contributed by atoms with Crippen LogP contribution in [0.5, 0.6) is 0 Å². The molecule has 1 aromatic carbocycles. The molecule has 9 atom stereocenters. The maximum Gasteiger partial charge on any atom is 0.309 e. The molecule has 3 unspecified atom stereocenters. The van der Waals surface area contributed by atoms with Gasteiger partial charge in [0.25, 0.3) is 0 Å². The summed E-state index contributed by atoms with van der Waals surface area (Å²) in [5.74, 6) is -0.457. The maximum absolute atomic E-state index is 14.6.